The van der Waals surface area contributed by atoms with Gasteiger partial charge in [-0.2, -0.15) is 21.3 Å². The molecular formula is C5H5Cl2F3NO6P. The average molecular weight is 334 g/mol. The highest BCUT2D eigenvalue weighted by Gasteiger charge is 2.45. The summed E-state index contributed by atoms with van der Waals surface area (Å²) < 4.78 is 55.0. The molecule has 0 heterocycles. The minimum atomic E-state index is -5.36. The first-order valence-corrected chi connectivity index (χ1v) is 6.18. The van der Waals surface area contributed by atoms with Crippen molar-refractivity contribution in [1.82, 2.24) is 4.90 Å². The Labute approximate surface area is 108 Å². The summed E-state index contributed by atoms with van der Waals surface area (Å²) in [4.78, 5) is 20.8. The number of amides is 1. The predicted octanol–water partition coefficient (Wildman–Crippen LogP) is 1.95. The molecule has 0 bridgehead atoms. The largest absolute Gasteiger partial charge is 0.480 e. The molecule has 106 valence electrons. The van der Waals surface area contributed by atoms with Crippen LogP contribution in [0.25, 0.3) is 0 Å². The molecule has 18 heavy (non-hydrogen) atoms. The maximum absolute atomic E-state index is 12.1. The molecule has 13 heteroatoms. The predicted molar refractivity (Wildman–Crippen MR) is 51.8 cm³/mol. The number of carboxylic acid groups (broad SMARTS) is 1. The fourth-order valence-electron chi connectivity index (χ4n) is 0.792. The van der Waals surface area contributed by atoms with E-state index in [4.69, 9.17) is 5.11 Å². The Balaban J connectivity index is 5.08. The van der Waals surface area contributed by atoms with Crippen molar-refractivity contribution in [2.75, 3.05) is 12.8 Å². The van der Waals surface area contributed by atoms with Crippen LogP contribution in [0, 0.1) is 0 Å². The number of halogens is 5. The molecule has 7 nitrogen and oxygen atoms in total. The van der Waals surface area contributed by atoms with Crippen LogP contribution >= 0.6 is 31.3 Å². The van der Waals surface area contributed by atoms with E-state index in [1.54, 1.807) is 0 Å². The van der Waals surface area contributed by atoms with Crippen LogP contribution in [0.1, 0.15) is 0 Å². The molecule has 0 saturated carbocycles. The summed E-state index contributed by atoms with van der Waals surface area (Å²) in [5, 5.41) is 8.34. The summed E-state index contributed by atoms with van der Waals surface area (Å²) in [7, 11) is -4.44. The topological polar surface area (TPSA) is 93.1 Å². The van der Waals surface area contributed by atoms with Gasteiger partial charge in [0.2, 0.25) is 0 Å². The van der Waals surface area contributed by atoms with E-state index in [1.165, 1.54) is 0 Å². The first-order chi connectivity index (χ1) is 8.05. The van der Waals surface area contributed by atoms with Crippen LogP contribution < -0.4 is 0 Å². The molecule has 0 aliphatic carbocycles. The fraction of sp³-hybridized carbons (Fsp3) is 0.600. The highest BCUT2D eigenvalue weighted by Crippen LogP contribution is 2.51. The van der Waals surface area contributed by atoms with Crippen LogP contribution in [-0.2, 0) is 22.3 Å². The molecule has 0 fully saturated rings. The molecule has 0 rings (SSSR count). The molecule has 0 aliphatic rings. The second-order valence-corrected chi connectivity index (χ2v) is 5.39. The number of aliphatic carboxylic acids is 1. The van der Waals surface area contributed by atoms with Crippen LogP contribution in [-0.4, -0.2) is 40.9 Å². The summed E-state index contributed by atoms with van der Waals surface area (Å²) in [5.41, 5.74) is 0. The second kappa shape index (κ2) is 6.58. The molecule has 0 spiro atoms. The summed E-state index contributed by atoms with van der Waals surface area (Å²) >= 11 is 9.34. The zero-order chi connectivity index (χ0) is 14.6. The lowest BCUT2D eigenvalue weighted by atomic mass is 10.5. The monoisotopic (exact) mass is 333 g/mol. The summed E-state index contributed by atoms with van der Waals surface area (Å²) in [6, 6.07) is 0. The number of nitrogens with zero attached hydrogens (tertiary/aromatic N) is 1. The number of hydrogen-bond acceptors (Lipinski definition) is 5. The summed E-state index contributed by atoms with van der Waals surface area (Å²) in [6.07, 6.45) is -6.73. The maximum Gasteiger partial charge on any atom is 0.471 e. The Morgan fingerprint density at radius 3 is 2.00 bits per heavy atom. The lowest BCUT2D eigenvalue weighted by molar-refractivity contribution is -0.185. The number of hydrogen-bond donors (Lipinski definition) is 1. The van der Waals surface area contributed by atoms with E-state index in [-0.39, 0.29) is 4.90 Å². The normalized spacial score (nSPS) is 12.3. The van der Waals surface area contributed by atoms with Crippen molar-refractivity contribution in [3.63, 3.8) is 0 Å². The molecule has 0 aromatic carbocycles. The van der Waals surface area contributed by atoms with Crippen molar-refractivity contribution >= 4 is 43.2 Å². The van der Waals surface area contributed by atoms with Crippen LogP contribution in [0.2, 0.25) is 0 Å². The number of carbonyl (C=O) groups excluding carboxylic acids is 1. The highest BCUT2D eigenvalue weighted by atomic mass is 35.5. The fourth-order valence-corrected chi connectivity index (χ4v) is 2.06. The van der Waals surface area contributed by atoms with Gasteiger partial charge in [-0.15, -0.1) is 0 Å². The molecular weight excluding hydrogens is 329 g/mol. The standard InChI is InChI=1S/C5H5Cl2F3NO6P/c6-16-18(15,17-7)2-11(1-3(12)13)4(14)5(8,9)10/h1-2H2,(H,12,13). The van der Waals surface area contributed by atoms with Crippen LogP contribution in [0.5, 0.6) is 0 Å². The molecule has 0 atom stereocenters. The van der Waals surface area contributed by atoms with Gasteiger partial charge in [0.15, 0.2) is 0 Å². The average Bonchev–Trinajstić information content (AvgIpc) is 2.25. The van der Waals surface area contributed by atoms with E-state index >= 15 is 0 Å². The Morgan fingerprint density at radius 1 is 1.28 bits per heavy atom. The lowest BCUT2D eigenvalue weighted by Gasteiger charge is -2.23. The van der Waals surface area contributed by atoms with Crippen molar-refractivity contribution in [2.24, 2.45) is 0 Å². The third-order valence-corrected chi connectivity index (χ3v) is 3.78. The first-order valence-electron chi connectivity index (χ1n) is 3.83. The molecule has 0 radical (unpaired) electrons. The maximum atomic E-state index is 12.1. The Bertz CT molecular complexity index is 369. The van der Waals surface area contributed by atoms with Crippen molar-refractivity contribution in [2.45, 2.75) is 6.18 Å². The van der Waals surface area contributed by atoms with E-state index in [9.17, 15) is 27.3 Å². The van der Waals surface area contributed by atoms with Gasteiger partial charge in [0.1, 0.15) is 12.8 Å². The lowest BCUT2D eigenvalue weighted by Crippen LogP contribution is -2.44. The Morgan fingerprint density at radius 2 is 1.72 bits per heavy atom. The number of carbonyl (C=O) groups is 2. The van der Waals surface area contributed by atoms with Gasteiger partial charge in [-0.05, 0) is 0 Å². The van der Waals surface area contributed by atoms with E-state index in [0.29, 0.717) is 0 Å². The molecule has 0 unspecified atom stereocenters. The van der Waals surface area contributed by atoms with Crippen LogP contribution in [0.4, 0.5) is 13.2 Å². The van der Waals surface area contributed by atoms with E-state index in [1.807, 2.05) is 0 Å². The number of alkyl halides is 3. The summed E-state index contributed by atoms with van der Waals surface area (Å²) in [6.45, 7) is -1.39. The van der Waals surface area contributed by atoms with Crippen molar-refractivity contribution in [1.29, 1.82) is 0 Å². The third-order valence-electron chi connectivity index (χ3n) is 1.41. The van der Waals surface area contributed by atoms with Crippen molar-refractivity contribution < 1.29 is 40.6 Å². The first kappa shape index (κ1) is 17.5. The van der Waals surface area contributed by atoms with Gasteiger partial charge in [-0.3, -0.25) is 14.2 Å². The Kier molecular flexibility index (Phi) is 6.38. The van der Waals surface area contributed by atoms with Gasteiger partial charge < -0.3 is 10.0 Å². The zero-order valence-corrected chi connectivity index (χ0v) is 10.6. The molecule has 0 aliphatic heterocycles. The van der Waals surface area contributed by atoms with Gasteiger partial charge >= 0.3 is 25.6 Å². The molecule has 0 aromatic heterocycles. The van der Waals surface area contributed by atoms with E-state index in [0.717, 1.165) is 0 Å². The van der Waals surface area contributed by atoms with Gasteiger partial charge in [0.25, 0.3) is 0 Å². The van der Waals surface area contributed by atoms with Crippen LogP contribution in [0.15, 0.2) is 0 Å². The molecule has 0 aromatic rings. The minimum absolute atomic E-state index is 0.326. The van der Waals surface area contributed by atoms with E-state index < -0.39 is 38.5 Å². The van der Waals surface area contributed by atoms with E-state index in [2.05, 4.69) is 31.9 Å². The SMILES string of the molecule is O=C(O)CN(CP(=O)(OCl)OCl)C(=O)C(F)(F)F. The quantitative estimate of drug-likeness (QED) is 0.747. The van der Waals surface area contributed by atoms with Crippen LogP contribution in [0.3, 0.4) is 0 Å². The van der Waals surface area contributed by atoms with Gasteiger partial charge in [-0.1, -0.05) is 0 Å². The van der Waals surface area contributed by atoms with Gasteiger partial charge in [-0.25, -0.2) is 0 Å². The Hall–Kier alpha value is -0.540. The smallest absolute Gasteiger partial charge is 0.471 e. The number of carboxylic acids is 1. The molecule has 1 N–H and O–H groups in total. The third kappa shape index (κ3) is 5.40. The van der Waals surface area contributed by atoms with Gasteiger partial charge in [0.05, 0.1) is 23.7 Å². The highest BCUT2D eigenvalue weighted by molar-refractivity contribution is 7.55. The summed E-state index contributed by atoms with van der Waals surface area (Å²) in [5.74, 6) is -4.32. The second-order valence-electron chi connectivity index (χ2n) is 2.78. The zero-order valence-electron chi connectivity index (χ0n) is 8.19. The van der Waals surface area contributed by atoms with Gasteiger partial charge in [0, 0.05) is 0 Å². The van der Waals surface area contributed by atoms with Crippen molar-refractivity contribution in [3.05, 3.63) is 0 Å². The molecule has 0 saturated heterocycles. The van der Waals surface area contributed by atoms with Crippen molar-refractivity contribution in [3.8, 4) is 0 Å². The number of rotatable bonds is 6. The minimum Gasteiger partial charge on any atom is -0.480 e. The molecule has 1 amide bonds.